The molecule has 0 unspecified atom stereocenters. The summed E-state index contributed by atoms with van der Waals surface area (Å²) in [6, 6.07) is 0. The molecule has 0 radical (unpaired) electrons. The molecular weight excluding hydrogens is 272 g/mol. The quantitative estimate of drug-likeness (QED) is 0.546. The predicted molar refractivity (Wildman–Crippen MR) is 63.2 cm³/mol. The van der Waals surface area contributed by atoms with Gasteiger partial charge in [0, 0.05) is 27.2 Å². The fourth-order valence-corrected chi connectivity index (χ4v) is 1.91. The van der Waals surface area contributed by atoms with Gasteiger partial charge in [0.15, 0.2) is 12.4 Å². The summed E-state index contributed by atoms with van der Waals surface area (Å²) in [6.07, 6.45) is -3.95. The largest absolute Gasteiger partial charge is 0.463 e. The molecule has 1 fully saturated rings. The molecule has 1 saturated heterocycles. The van der Waals surface area contributed by atoms with Crippen molar-refractivity contribution in [2.75, 3.05) is 6.61 Å². The van der Waals surface area contributed by atoms with E-state index in [0.717, 1.165) is 0 Å². The fraction of sp³-hybridized carbons (Fsp3) is 0.750. The van der Waals surface area contributed by atoms with E-state index < -0.39 is 42.5 Å². The Morgan fingerprint density at radius 2 is 1.70 bits per heavy atom. The summed E-state index contributed by atoms with van der Waals surface area (Å²) in [7, 11) is 0. The SMILES string of the molecule is CC(=O)OC[C@H]1O[C@@H](O)C[C@@H](OC(C)=O)[C@H]1OC(C)=O. The van der Waals surface area contributed by atoms with Gasteiger partial charge in [-0.1, -0.05) is 0 Å². The van der Waals surface area contributed by atoms with Crippen molar-refractivity contribution >= 4 is 17.9 Å². The van der Waals surface area contributed by atoms with Crippen LogP contribution in [0.5, 0.6) is 0 Å². The van der Waals surface area contributed by atoms with Crippen LogP contribution in [0.2, 0.25) is 0 Å². The molecule has 0 bridgehead atoms. The van der Waals surface area contributed by atoms with Crippen molar-refractivity contribution in [3.8, 4) is 0 Å². The molecule has 8 nitrogen and oxygen atoms in total. The van der Waals surface area contributed by atoms with Crippen LogP contribution in [0.3, 0.4) is 0 Å². The van der Waals surface area contributed by atoms with Gasteiger partial charge in [-0.2, -0.15) is 0 Å². The van der Waals surface area contributed by atoms with E-state index in [4.69, 9.17) is 18.9 Å². The van der Waals surface area contributed by atoms with E-state index in [0.29, 0.717) is 0 Å². The van der Waals surface area contributed by atoms with Gasteiger partial charge in [0.05, 0.1) is 0 Å². The number of carbonyl (C=O) groups excluding carboxylic acids is 3. The first-order chi connectivity index (χ1) is 9.29. The van der Waals surface area contributed by atoms with Crippen LogP contribution in [-0.4, -0.2) is 54.2 Å². The smallest absolute Gasteiger partial charge is 0.303 e. The lowest BCUT2D eigenvalue weighted by atomic mass is 10.0. The first kappa shape index (κ1) is 16.4. The molecule has 114 valence electrons. The minimum absolute atomic E-state index is 0.0336. The molecule has 0 saturated carbocycles. The summed E-state index contributed by atoms with van der Waals surface area (Å²) >= 11 is 0. The van der Waals surface area contributed by atoms with Crippen molar-refractivity contribution in [2.45, 2.75) is 51.8 Å². The summed E-state index contributed by atoms with van der Waals surface area (Å²) in [5, 5.41) is 9.59. The van der Waals surface area contributed by atoms with E-state index in [1.165, 1.54) is 20.8 Å². The summed E-state index contributed by atoms with van der Waals surface area (Å²) in [6.45, 7) is 3.39. The number of hydrogen-bond donors (Lipinski definition) is 1. The van der Waals surface area contributed by atoms with Crippen molar-refractivity contribution in [3.63, 3.8) is 0 Å². The zero-order valence-corrected chi connectivity index (χ0v) is 11.5. The molecule has 1 rings (SSSR count). The van der Waals surface area contributed by atoms with Crippen LogP contribution in [0.15, 0.2) is 0 Å². The van der Waals surface area contributed by atoms with E-state index in [-0.39, 0.29) is 13.0 Å². The number of hydrogen-bond acceptors (Lipinski definition) is 8. The summed E-state index contributed by atoms with van der Waals surface area (Å²) < 4.78 is 20.0. The van der Waals surface area contributed by atoms with Gasteiger partial charge in [-0.15, -0.1) is 0 Å². The number of esters is 3. The molecule has 0 spiro atoms. The Hall–Kier alpha value is -1.67. The molecule has 1 aliphatic rings. The van der Waals surface area contributed by atoms with Gasteiger partial charge < -0.3 is 24.1 Å². The normalized spacial score (nSPS) is 29.4. The third-order valence-corrected chi connectivity index (χ3v) is 2.57. The molecular formula is C12H18O8. The second-order valence-electron chi connectivity index (χ2n) is 4.39. The second kappa shape index (κ2) is 7.20. The number of aliphatic hydroxyl groups is 1. The Kier molecular flexibility index (Phi) is 5.90. The number of rotatable bonds is 4. The van der Waals surface area contributed by atoms with Gasteiger partial charge in [0.25, 0.3) is 0 Å². The third kappa shape index (κ3) is 5.14. The number of aliphatic hydroxyl groups excluding tert-OH is 1. The van der Waals surface area contributed by atoms with Gasteiger partial charge in [-0.3, -0.25) is 14.4 Å². The topological polar surface area (TPSA) is 108 Å². The zero-order valence-electron chi connectivity index (χ0n) is 11.5. The Morgan fingerprint density at radius 1 is 1.10 bits per heavy atom. The van der Waals surface area contributed by atoms with Crippen LogP contribution in [0.25, 0.3) is 0 Å². The van der Waals surface area contributed by atoms with Crippen molar-refractivity contribution in [2.24, 2.45) is 0 Å². The standard InChI is InChI=1S/C12H18O8/c1-6(13)17-5-10-12(19-8(3)15)9(18-7(2)14)4-11(16)20-10/h9-12,16H,4-5H2,1-3H3/t9-,10-,11-,12-/m1/s1. The molecule has 1 heterocycles. The highest BCUT2D eigenvalue weighted by Gasteiger charge is 2.43. The Bertz CT molecular complexity index is 380. The summed E-state index contributed by atoms with van der Waals surface area (Å²) in [4.78, 5) is 33.0. The minimum atomic E-state index is -1.20. The van der Waals surface area contributed by atoms with Gasteiger partial charge in [-0.05, 0) is 0 Å². The zero-order chi connectivity index (χ0) is 15.3. The van der Waals surface area contributed by atoms with Crippen molar-refractivity contribution < 1.29 is 38.4 Å². The van der Waals surface area contributed by atoms with Crippen molar-refractivity contribution in [3.05, 3.63) is 0 Å². The van der Waals surface area contributed by atoms with Crippen LogP contribution in [0.1, 0.15) is 27.2 Å². The average Bonchev–Trinajstić information content (AvgIpc) is 2.28. The third-order valence-electron chi connectivity index (χ3n) is 2.57. The Morgan fingerprint density at radius 3 is 2.20 bits per heavy atom. The first-order valence-corrected chi connectivity index (χ1v) is 6.11. The van der Waals surface area contributed by atoms with Crippen LogP contribution in [0.4, 0.5) is 0 Å². The highest BCUT2D eigenvalue weighted by Crippen LogP contribution is 2.25. The second-order valence-corrected chi connectivity index (χ2v) is 4.39. The van der Waals surface area contributed by atoms with Gasteiger partial charge in [0.1, 0.15) is 18.8 Å². The monoisotopic (exact) mass is 290 g/mol. The molecule has 4 atom stereocenters. The van der Waals surface area contributed by atoms with E-state index in [2.05, 4.69) is 0 Å². The van der Waals surface area contributed by atoms with Crippen LogP contribution in [0, 0.1) is 0 Å². The fourth-order valence-electron chi connectivity index (χ4n) is 1.91. The van der Waals surface area contributed by atoms with Crippen molar-refractivity contribution in [1.82, 2.24) is 0 Å². The minimum Gasteiger partial charge on any atom is -0.463 e. The van der Waals surface area contributed by atoms with Gasteiger partial charge in [-0.25, -0.2) is 0 Å². The number of carbonyl (C=O) groups is 3. The average molecular weight is 290 g/mol. The van der Waals surface area contributed by atoms with Crippen LogP contribution in [-0.2, 0) is 33.3 Å². The molecule has 1 aliphatic heterocycles. The van der Waals surface area contributed by atoms with E-state index in [1.807, 2.05) is 0 Å². The lowest BCUT2D eigenvalue weighted by Crippen LogP contribution is -2.53. The Labute approximate surface area is 115 Å². The lowest BCUT2D eigenvalue weighted by molar-refractivity contribution is -0.252. The molecule has 0 aromatic carbocycles. The van der Waals surface area contributed by atoms with Crippen molar-refractivity contribution in [1.29, 1.82) is 0 Å². The van der Waals surface area contributed by atoms with Gasteiger partial charge in [0.2, 0.25) is 0 Å². The maximum Gasteiger partial charge on any atom is 0.303 e. The van der Waals surface area contributed by atoms with E-state index in [1.54, 1.807) is 0 Å². The highest BCUT2D eigenvalue weighted by atomic mass is 16.7. The molecule has 0 aliphatic carbocycles. The van der Waals surface area contributed by atoms with Crippen LogP contribution >= 0.6 is 0 Å². The van der Waals surface area contributed by atoms with E-state index in [9.17, 15) is 19.5 Å². The molecule has 0 aromatic heterocycles. The molecule has 0 amide bonds. The van der Waals surface area contributed by atoms with Gasteiger partial charge >= 0.3 is 17.9 Å². The molecule has 0 aromatic rings. The van der Waals surface area contributed by atoms with E-state index >= 15 is 0 Å². The highest BCUT2D eigenvalue weighted by molar-refractivity contribution is 5.67. The number of ether oxygens (including phenoxy) is 4. The first-order valence-electron chi connectivity index (χ1n) is 6.11. The molecule has 8 heteroatoms. The summed E-state index contributed by atoms with van der Waals surface area (Å²) in [5.74, 6) is -1.72. The van der Waals surface area contributed by atoms with Crippen LogP contribution < -0.4 is 0 Å². The maximum atomic E-state index is 11.1. The molecule has 1 N–H and O–H groups in total. The molecule has 20 heavy (non-hydrogen) atoms. The lowest BCUT2D eigenvalue weighted by Gasteiger charge is -2.38. The maximum absolute atomic E-state index is 11.1. The Balaban J connectivity index is 2.82. The predicted octanol–water partition coefficient (Wildman–Crippen LogP) is -0.480. The summed E-state index contributed by atoms with van der Waals surface area (Å²) in [5.41, 5.74) is 0.